The van der Waals surface area contributed by atoms with Gasteiger partial charge in [-0.2, -0.15) is 0 Å². The van der Waals surface area contributed by atoms with Crippen LogP contribution in [-0.4, -0.2) is 16.8 Å². The lowest BCUT2D eigenvalue weighted by Gasteiger charge is -2.14. The van der Waals surface area contributed by atoms with Crippen LogP contribution >= 0.6 is 24.4 Å². The molecule has 0 saturated heterocycles. The molecular weight excluding hydrogens is 288 g/mol. The first-order valence-corrected chi connectivity index (χ1v) is 7.02. The third kappa shape index (κ3) is 5.99. The Morgan fingerprint density at radius 2 is 1.75 bits per heavy atom. The summed E-state index contributed by atoms with van der Waals surface area (Å²) >= 11 is 10.3. The minimum absolute atomic E-state index is 0.452. The van der Waals surface area contributed by atoms with Crippen molar-refractivity contribution in [1.82, 2.24) is 16.2 Å². The molecule has 0 aliphatic heterocycles. The van der Waals surface area contributed by atoms with Crippen molar-refractivity contribution in [1.29, 1.82) is 0 Å². The minimum atomic E-state index is 0.452. The molecule has 1 aromatic rings. The monoisotopic (exact) mass is 308 g/mol. The lowest BCUT2D eigenvalue weighted by molar-refractivity contribution is 0.831. The fourth-order valence-corrected chi connectivity index (χ4v) is 1.66. The van der Waals surface area contributed by atoms with Crippen molar-refractivity contribution in [3.8, 4) is 0 Å². The summed E-state index contributed by atoms with van der Waals surface area (Å²) in [6.07, 6.45) is 0. The molecule has 1 aromatic carbocycles. The SMILES string of the molecule is C=C(C)CNC(=S)NNC(=S)Nc1ccc(C)c(C)c1. The molecule has 0 spiro atoms. The molecule has 0 fully saturated rings. The van der Waals surface area contributed by atoms with Crippen LogP contribution < -0.4 is 21.5 Å². The molecule has 0 amide bonds. The van der Waals surface area contributed by atoms with E-state index in [1.807, 2.05) is 25.1 Å². The van der Waals surface area contributed by atoms with Crippen LogP contribution in [0.2, 0.25) is 0 Å². The highest BCUT2D eigenvalue weighted by Crippen LogP contribution is 2.13. The average molecular weight is 308 g/mol. The van der Waals surface area contributed by atoms with Gasteiger partial charge in [0.05, 0.1) is 0 Å². The highest BCUT2D eigenvalue weighted by molar-refractivity contribution is 7.80. The van der Waals surface area contributed by atoms with Crippen molar-refractivity contribution >= 4 is 40.3 Å². The highest BCUT2D eigenvalue weighted by Gasteiger charge is 2.00. The van der Waals surface area contributed by atoms with Gasteiger partial charge in [-0.05, 0) is 68.5 Å². The molecular formula is C14H20N4S2. The van der Waals surface area contributed by atoms with Crippen molar-refractivity contribution in [2.45, 2.75) is 20.8 Å². The third-order valence-corrected chi connectivity index (χ3v) is 3.06. The molecule has 20 heavy (non-hydrogen) atoms. The summed E-state index contributed by atoms with van der Waals surface area (Å²) in [7, 11) is 0. The molecule has 108 valence electrons. The van der Waals surface area contributed by atoms with Crippen molar-refractivity contribution in [3.63, 3.8) is 0 Å². The Bertz CT molecular complexity index is 526. The van der Waals surface area contributed by atoms with Crippen molar-refractivity contribution in [2.24, 2.45) is 0 Å². The number of aryl methyl sites for hydroxylation is 2. The summed E-state index contributed by atoms with van der Waals surface area (Å²) in [5.74, 6) is 0. The van der Waals surface area contributed by atoms with Gasteiger partial charge in [-0.15, -0.1) is 0 Å². The van der Waals surface area contributed by atoms with E-state index in [2.05, 4.69) is 41.9 Å². The smallest absolute Gasteiger partial charge is 0.189 e. The van der Waals surface area contributed by atoms with E-state index < -0.39 is 0 Å². The standard InChI is InChI=1S/C14H20N4S2/c1-9(2)8-15-13(19)17-18-14(20)16-12-6-5-10(3)11(4)7-12/h5-7H,1,8H2,2-4H3,(H2,15,17,19)(H2,16,18,20). The van der Waals surface area contributed by atoms with E-state index >= 15 is 0 Å². The lowest BCUT2D eigenvalue weighted by atomic mass is 10.1. The van der Waals surface area contributed by atoms with Gasteiger partial charge in [-0.25, -0.2) is 0 Å². The molecule has 4 nitrogen and oxygen atoms in total. The van der Waals surface area contributed by atoms with Gasteiger partial charge < -0.3 is 10.6 Å². The number of nitrogens with one attached hydrogen (secondary N) is 4. The molecule has 1 rings (SSSR count). The first-order chi connectivity index (χ1) is 9.38. The summed E-state index contributed by atoms with van der Waals surface area (Å²) in [4.78, 5) is 0. The molecule has 4 N–H and O–H groups in total. The molecule has 0 aliphatic rings. The van der Waals surface area contributed by atoms with E-state index in [1.165, 1.54) is 11.1 Å². The summed E-state index contributed by atoms with van der Waals surface area (Å²) in [6, 6.07) is 6.07. The second-order valence-electron chi connectivity index (χ2n) is 4.64. The first-order valence-electron chi connectivity index (χ1n) is 6.21. The van der Waals surface area contributed by atoms with Crippen LogP contribution in [0.25, 0.3) is 0 Å². The largest absolute Gasteiger partial charge is 0.358 e. The van der Waals surface area contributed by atoms with Crippen molar-refractivity contribution < 1.29 is 0 Å². The van der Waals surface area contributed by atoms with Crippen LogP contribution in [0.1, 0.15) is 18.1 Å². The van der Waals surface area contributed by atoms with Gasteiger partial charge in [0.2, 0.25) is 0 Å². The van der Waals surface area contributed by atoms with Gasteiger partial charge >= 0.3 is 0 Å². The quantitative estimate of drug-likeness (QED) is 0.391. The molecule has 0 aromatic heterocycles. The number of hydrazine groups is 1. The fourth-order valence-electron chi connectivity index (χ4n) is 1.37. The van der Waals surface area contributed by atoms with Gasteiger partial charge in [0.1, 0.15) is 0 Å². The molecule has 0 saturated carbocycles. The van der Waals surface area contributed by atoms with Crippen molar-refractivity contribution in [3.05, 3.63) is 41.5 Å². The Morgan fingerprint density at radius 3 is 2.35 bits per heavy atom. The number of hydrogen-bond acceptors (Lipinski definition) is 2. The number of hydrogen-bond donors (Lipinski definition) is 4. The predicted octanol–water partition coefficient (Wildman–Crippen LogP) is 2.55. The summed E-state index contributed by atoms with van der Waals surface area (Å²) < 4.78 is 0. The van der Waals surface area contributed by atoms with Crippen LogP contribution in [0.4, 0.5) is 5.69 Å². The Kier molecular flexibility index (Phi) is 6.41. The molecule has 0 unspecified atom stereocenters. The first kappa shape index (κ1) is 16.4. The number of anilines is 1. The zero-order valence-electron chi connectivity index (χ0n) is 12.0. The van der Waals surface area contributed by atoms with Crippen LogP contribution in [0.5, 0.6) is 0 Å². The molecule has 0 aliphatic carbocycles. The maximum absolute atomic E-state index is 5.18. The predicted molar refractivity (Wildman–Crippen MR) is 93.8 cm³/mol. The van der Waals surface area contributed by atoms with Gasteiger partial charge in [0, 0.05) is 12.2 Å². The summed E-state index contributed by atoms with van der Waals surface area (Å²) in [5, 5.41) is 6.99. The summed E-state index contributed by atoms with van der Waals surface area (Å²) in [5.41, 5.74) is 10.0. The molecule has 0 atom stereocenters. The summed E-state index contributed by atoms with van der Waals surface area (Å²) in [6.45, 7) is 10.5. The number of benzene rings is 1. The van der Waals surface area contributed by atoms with Crippen LogP contribution in [-0.2, 0) is 0 Å². The van der Waals surface area contributed by atoms with Gasteiger partial charge in [0.15, 0.2) is 10.2 Å². The zero-order chi connectivity index (χ0) is 15.1. The second kappa shape index (κ2) is 7.81. The molecule has 0 radical (unpaired) electrons. The number of thiocarbonyl (C=S) groups is 2. The van der Waals surface area contributed by atoms with E-state index in [9.17, 15) is 0 Å². The van der Waals surface area contributed by atoms with Crippen LogP contribution in [0.3, 0.4) is 0 Å². The van der Waals surface area contributed by atoms with Gasteiger partial charge in [-0.1, -0.05) is 18.2 Å². The van der Waals surface area contributed by atoms with E-state index in [4.69, 9.17) is 24.4 Å². The van der Waals surface area contributed by atoms with Crippen LogP contribution in [0.15, 0.2) is 30.4 Å². The Hall–Kier alpha value is -1.66. The van der Waals surface area contributed by atoms with E-state index in [1.54, 1.807) is 0 Å². The third-order valence-electron chi connectivity index (χ3n) is 2.61. The lowest BCUT2D eigenvalue weighted by Crippen LogP contribution is -2.48. The Balaban J connectivity index is 2.38. The van der Waals surface area contributed by atoms with Gasteiger partial charge in [-0.3, -0.25) is 10.9 Å². The number of rotatable bonds is 3. The zero-order valence-corrected chi connectivity index (χ0v) is 13.6. The van der Waals surface area contributed by atoms with E-state index in [0.29, 0.717) is 16.8 Å². The second-order valence-corrected chi connectivity index (χ2v) is 5.46. The molecule has 6 heteroatoms. The molecule has 0 heterocycles. The molecule has 0 bridgehead atoms. The normalized spacial score (nSPS) is 9.55. The minimum Gasteiger partial charge on any atom is -0.358 e. The highest BCUT2D eigenvalue weighted by atomic mass is 32.1. The maximum atomic E-state index is 5.18. The van der Waals surface area contributed by atoms with E-state index in [0.717, 1.165) is 11.3 Å². The van der Waals surface area contributed by atoms with E-state index in [-0.39, 0.29) is 0 Å². The van der Waals surface area contributed by atoms with Gasteiger partial charge in [0.25, 0.3) is 0 Å². The average Bonchev–Trinajstić information content (AvgIpc) is 2.38. The fraction of sp³-hybridized carbons (Fsp3) is 0.286. The van der Waals surface area contributed by atoms with Crippen LogP contribution in [0, 0.1) is 13.8 Å². The Labute approximate surface area is 131 Å². The maximum Gasteiger partial charge on any atom is 0.189 e. The Morgan fingerprint density at radius 1 is 1.10 bits per heavy atom. The van der Waals surface area contributed by atoms with Crippen molar-refractivity contribution in [2.75, 3.05) is 11.9 Å². The topological polar surface area (TPSA) is 48.1 Å².